The van der Waals surface area contributed by atoms with Crippen LogP contribution in [0.25, 0.3) is 0 Å². The summed E-state index contributed by atoms with van der Waals surface area (Å²) in [5, 5.41) is 11.2. The highest BCUT2D eigenvalue weighted by Crippen LogP contribution is 2.01. The van der Waals surface area contributed by atoms with E-state index in [1.165, 1.54) is 0 Å². The molecule has 0 saturated heterocycles. The number of nitrogens with one attached hydrogen (secondary N) is 1. The van der Waals surface area contributed by atoms with Crippen molar-refractivity contribution in [2.45, 2.75) is 32.6 Å². The molecule has 0 bridgehead atoms. The first-order valence-electron chi connectivity index (χ1n) is 5.23. The van der Waals surface area contributed by atoms with Gasteiger partial charge in [0, 0.05) is 24.5 Å². The monoisotopic (exact) mass is 233 g/mol. The fraction of sp³-hybridized carbons (Fsp3) is 0.800. The van der Waals surface area contributed by atoms with Crippen molar-refractivity contribution >= 4 is 23.6 Å². The van der Waals surface area contributed by atoms with Crippen LogP contribution in [0.1, 0.15) is 32.6 Å². The van der Waals surface area contributed by atoms with Crippen LogP contribution in [0.15, 0.2) is 0 Å². The van der Waals surface area contributed by atoms with Gasteiger partial charge in [-0.25, -0.2) is 0 Å². The summed E-state index contributed by atoms with van der Waals surface area (Å²) in [6, 6.07) is 0. The highest BCUT2D eigenvalue weighted by molar-refractivity contribution is 7.99. The summed E-state index contributed by atoms with van der Waals surface area (Å²) in [6.45, 7) is 2.68. The molecule has 2 N–H and O–H groups in total. The Balaban J connectivity index is 3.16. The molecule has 1 amide bonds. The fourth-order valence-electron chi connectivity index (χ4n) is 0.950. The summed E-state index contributed by atoms with van der Waals surface area (Å²) < 4.78 is 0. The lowest BCUT2D eigenvalue weighted by Gasteiger charge is -2.03. The Morgan fingerprint density at radius 2 is 2.00 bits per heavy atom. The average Bonchev–Trinajstić information content (AvgIpc) is 2.19. The molecule has 88 valence electrons. The molecule has 0 aromatic rings. The van der Waals surface area contributed by atoms with E-state index in [0.29, 0.717) is 18.7 Å². The van der Waals surface area contributed by atoms with E-state index >= 15 is 0 Å². The van der Waals surface area contributed by atoms with Gasteiger partial charge in [-0.05, 0) is 6.42 Å². The Morgan fingerprint density at radius 1 is 1.27 bits per heavy atom. The maximum absolute atomic E-state index is 11.1. The molecule has 0 aliphatic rings. The second-order valence-electron chi connectivity index (χ2n) is 3.21. The molecule has 0 atom stereocenters. The summed E-state index contributed by atoms with van der Waals surface area (Å²) >= 11 is 1.55. The summed E-state index contributed by atoms with van der Waals surface area (Å²) in [6.07, 6.45) is 2.74. The summed E-state index contributed by atoms with van der Waals surface area (Å²) in [5.41, 5.74) is 0. The molecule has 0 unspecified atom stereocenters. The maximum atomic E-state index is 11.1. The highest BCUT2D eigenvalue weighted by Gasteiger charge is 1.99. The Hall–Kier alpha value is -0.710. The van der Waals surface area contributed by atoms with Crippen LogP contribution >= 0.6 is 11.8 Å². The number of carboxylic acid groups (broad SMARTS) is 1. The standard InChI is InChI=1S/C10H19NO3S/c1-2-3-4-9(12)11-6-8-15-7-5-10(13)14/h2-8H2,1H3,(H,11,12)(H,13,14). The largest absolute Gasteiger partial charge is 0.481 e. The third-order valence-electron chi connectivity index (χ3n) is 1.79. The normalized spacial score (nSPS) is 9.93. The number of unbranched alkanes of at least 4 members (excludes halogenated alkanes) is 1. The SMILES string of the molecule is CCCCC(=O)NCCSCCC(=O)O. The van der Waals surface area contributed by atoms with Crippen LogP contribution in [-0.2, 0) is 9.59 Å². The van der Waals surface area contributed by atoms with Crippen molar-refractivity contribution in [3.8, 4) is 0 Å². The van der Waals surface area contributed by atoms with E-state index in [2.05, 4.69) is 12.2 Å². The van der Waals surface area contributed by atoms with Crippen molar-refractivity contribution in [3.63, 3.8) is 0 Å². The fourth-order valence-corrected chi connectivity index (χ4v) is 1.72. The molecule has 0 fully saturated rings. The molecular weight excluding hydrogens is 214 g/mol. The van der Waals surface area contributed by atoms with Crippen LogP contribution in [0, 0.1) is 0 Å². The number of carbonyl (C=O) groups excluding carboxylic acids is 1. The molecule has 15 heavy (non-hydrogen) atoms. The lowest BCUT2D eigenvalue weighted by Crippen LogP contribution is -2.25. The van der Waals surface area contributed by atoms with Crippen molar-refractivity contribution < 1.29 is 14.7 Å². The van der Waals surface area contributed by atoms with Crippen LogP contribution < -0.4 is 5.32 Å². The van der Waals surface area contributed by atoms with Crippen LogP contribution in [0.3, 0.4) is 0 Å². The van der Waals surface area contributed by atoms with Gasteiger partial charge in [-0.1, -0.05) is 13.3 Å². The first kappa shape index (κ1) is 14.3. The van der Waals surface area contributed by atoms with E-state index in [0.717, 1.165) is 18.6 Å². The van der Waals surface area contributed by atoms with E-state index in [9.17, 15) is 9.59 Å². The number of carboxylic acids is 1. The minimum Gasteiger partial charge on any atom is -0.481 e. The number of rotatable bonds is 9. The van der Waals surface area contributed by atoms with Gasteiger partial charge in [0.2, 0.25) is 5.91 Å². The van der Waals surface area contributed by atoms with E-state index in [1.807, 2.05) is 0 Å². The van der Waals surface area contributed by atoms with Crippen LogP contribution in [0.4, 0.5) is 0 Å². The van der Waals surface area contributed by atoms with Crippen molar-refractivity contribution in [1.29, 1.82) is 0 Å². The van der Waals surface area contributed by atoms with Crippen LogP contribution in [0.5, 0.6) is 0 Å². The van der Waals surface area contributed by atoms with Gasteiger partial charge in [0.25, 0.3) is 0 Å². The molecule has 0 spiro atoms. The lowest BCUT2D eigenvalue weighted by atomic mass is 10.2. The van der Waals surface area contributed by atoms with Crippen molar-refractivity contribution in [2.75, 3.05) is 18.1 Å². The van der Waals surface area contributed by atoms with Crippen molar-refractivity contribution in [3.05, 3.63) is 0 Å². The number of carbonyl (C=O) groups is 2. The Labute approximate surface area is 94.8 Å². The van der Waals surface area contributed by atoms with Gasteiger partial charge in [-0.2, -0.15) is 11.8 Å². The van der Waals surface area contributed by atoms with E-state index in [1.54, 1.807) is 11.8 Å². The summed E-state index contributed by atoms with van der Waals surface area (Å²) in [4.78, 5) is 21.3. The minimum absolute atomic E-state index is 0.0932. The van der Waals surface area contributed by atoms with Gasteiger partial charge < -0.3 is 10.4 Å². The molecule has 0 heterocycles. The molecule has 0 aliphatic carbocycles. The number of aliphatic carboxylic acids is 1. The maximum Gasteiger partial charge on any atom is 0.304 e. The summed E-state index contributed by atoms with van der Waals surface area (Å²) in [7, 11) is 0. The quantitative estimate of drug-likeness (QED) is 0.592. The average molecular weight is 233 g/mol. The molecule has 0 saturated carbocycles. The lowest BCUT2D eigenvalue weighted by molar-refractivity contribution is -0.136. The Kier molecular flexibility index (Phi) is 9.36. The van der Waals surface area contributed by atoms with E-state index < -0.39 is 5.97 Å². The number of hydrogen-bond acceptors (Lipinski definition) is 3. The number of amides is 1. The first-order valence-corrected chi connectivity index (χ1v) is 6.38. The second-order valence-corrected chi connectivity index (χ2v) is 4.43. The minimum atomic E-state index is -0.769. The van der Waals surface area contributed by atoms with E-state index in [-0.39, 0.29) is 12.3 Å². The molecule has 0 radical (unpaired) electrons. The molecule has 5 heteroatoms. The number of thioether (sulfide) groups is 1. The zero-order valence-corrected chi connectivity index (χ0v) is 9.94. The van der Waals surface area contributed by atoms with E-state index in [4.69, 9.17) is 5.11 Å². The molecule has 4 nitrogen and oxygen atoms in total. The predicted octanol–water partition coefficient (Wildman–Crippen LogP) is 1.50. The first-order chi connectivity index (χ1) is 7.16. The Bertz CT molecular complexity index is 197. The second kappa shape index (κ2) is 9.83. The summed E-state index contributed by atoms with van der Waals surface area (Å²) in [5.74, 6) is 0.718. The topological polar surface area (TPSA) is 66.4 Å². The number of hydrogen-bond donors (Lipinski definition) is 2. The van der Waals surface area contributed by atoms with Gasteiger partial charge in [-0.15, -0.1) is 0 Å². The third kappa shape index (κ3) is 11.2. The third-order valence-corrected chi connectivity index (χ3v) is 2.77. The van der Waals surface area contributed by atoms with Gasteiger partial charge in [-0.3, -0.25) is 9.59 Å². The van der Waals surface area contributed by atoms with Crippen molar-refractivity contribution in [2.24, 2.45) is 0 Å². The smallest absolute Gasteiger partial charge is 0.304 e. The molecule has 0 aliphatic heterocycles. The predicted molar refractivity (Wildman–Crippen MR) is 62.1 cm³/mol. The molecule has 0 rings (SSSR count). The van der Waals surface area contributed by atoms with Gasteiger partial charge in [0.1, 0.15) is 0 Å². The van der Waals surface area contributed by atoms with Crippen LogP contribution in [-0.4, -0.2) is 35.0 Å². The molecule has 0 aromatic carbocycles. The van der Waals surface area contributed by atoms with Crippen molar-refractivity contribution in [1.82, 2.24) is 5.32 Å². The molecule has 0 aromatic heterocycles. The zero-order valence-electron chi connectivity index (χ0n) is 9.12. The zero-order chi connectivity index (χ0) is 11.5. The highest BCUT2D eigenvalue weighted by atomic mass is 32.2. The Morgan fingerprint density at radius 3 is 2.60 bits per heavy atom. The molecular formula is C10H19NO3S. The van der Waals surface area contributed by atoms with Gasteiger partial charge >= 0.3 is 5.97 Å². The van der Waals surface area contributed by atoms with Gasteiger partial charge in [0.15, 0.2) is 0 Å². The van der Waals surface area contributed by atoms with Gasteiger partial charge in [0.05, 0.1) is 6.42 Å². The van der Waals surface area contributed by atoms with Crippen LogP contribution in [0.2, 0.25) is 0 Å².